The minimum Gasteiger partial charge on any atom is -0.354 e. The highest BCUT2D eigenvalue weighted by atomic mass is 127. The van der Waals surface area contributed by atoms with Crippen molar-refractivity contribution in [1.29, 1.82) is 0 Å². The normalized spacial score (nSPS) is 19.6. The Morgan fingerprint density at radius 2 is 1.75 bits per heavy atom. The van der Waals surface area contributed by atoms with Gasteiger partial charge in [0.1, 0.15) is 12.2 Å². The number of aryl methyl sites for hydroxylation is 1. The average Bonchev–Trinajstić information content (AvgIpc) is 3.35. The van der Waals surface area contributed by atoms with Crippen LogP contribution in [0.3, 0.4) is 0 Å². The Hall–Kier alpha value is -0.900. The monoisotopic (exact) mass is 503 g/mol. The van der Waals surface area contributed by atoms with E-state index in [-0.39, 0.29) is 24.0 Å². The number of hydrogen-bond donors (Lipinski definition) is 2. The summed E-state index contributed by atoms with van der Waals surface area (Å²) in [6.07, 6.45) is 11.6. The van der Waals surface area contributed by atoms with Gasteiger partial charge in [0.2, 0.25) is 0 Å². The molecule has 0 aromatic carbocycles. The van der Waals surface area contributed by atoms with Gasteiger partial charge in [-0.15, -0.1) is 34.2 Å². The Kier molecular flexibility index (Phi) is 10.5. The van der Waals surface area contributed by atoms with E-state index in [1.807, 2.05) is 6.33 Å². The summed E-state index contributed by atoms with van der Waals surface area (Å²) in [6, 6.07) is 1.12. The quantitative estimate of drug-likeness (QED) is 0.325. The first-order chi connectivity index (χ1) is 13.3. The number of nitrogens with one attached hydrogen (secondary N) is 2. The Bertz CT molecular complexity index is 575. The van der Waals surface area contributed by atoms with Crippen LogP contribution in [0.1, 0.15) is 64.6 Å². The van der Waals surface area contributed by atoms with Crippen LogP contribution in [0.2, 0.25) is 0 Å². The number of rotatable bonds is 8. The van der Waals surface area contributed by atoms with E-state index in [0.29, 0.717) is 12.1 Å². The molecule has 1 aromatic rings. The number of aliphatic imine (C=N–C) groups is 1. The van der Waals surface area contributed by atoms with Gasteiger partial charge in [0.25, 0.3) is 0 Å². The number of halogens is 1. The van der Waals surface area contributed by atoms with Crippen LogP contribution in [0.4, 0.5) is 0 Å². The molecule has 0 spiro atoms. The molecule has 2 N–H and O–H groups in total. The fourth-order valence-electron chi connectivity index (χ4n) is 4.22. The van der Waals surface area contributed by atoms with Gasteiger partial charge >= 0.3 is 0 Å². The Morgan fingerprint density at radius 1 is 1.07 bits per heavy atom. The first-order valence-corrected chi connectivity index (χ1v) is 10.9. The van der Waals surface area contributed by atoms with Crippen molar-refractivity contribution in [3.05, 3.63) is 12.2 Å². The fourth-order valence-corrected chi connectivity index (χ4v) is 4.22. The van der Waals surface area contributed by atoms with E-state index in [1.165, 1.54) is 64.6 Å². The summed E-state index contributed by atoms with van der Waals surface area (Å²) in [7, 11) is 0. The second kappa shape index (κ2) is 12.6. The molecule has 0 unspecified atom stereocenters. The number of nitrogens with zero attached hydrogens (tertiary/aromatic N) is 5. The molecule has 1 saturated carbocycles. The third-order valence-corrected chi connectivity index (χ3v) is 5.79. The first kappa shape index (κ1) is 23.4. The van der Waals surface area contributed by atoms with Crippen LogP contribution >= 0.6 is 24.0 Å². The maximum atomic E-state index is 4.89. The lowest BCUT2D eigenvalue weighted by Gasteiger charge is -2.33. The van der Waals surface area contributed by atoms with Crippen LogP contribution in [-0.2, 0) is 13.0 Å². The summed E-state index contributed by atoms with van der Waals surface area (Å²) in [5, 5.41) is 15.6. The molecule has 7 nitrogen and oxygen atoms in total. The van der Waals surface area contributed by atoms with Gasteiger partial charge in [0, 0.05) is 38.1 Å². The molecule has 1 aliphatic heterocycles. The lowest BCUT2D eigenvalue weighted by Crippen LogP contribution is -2.50. The van der Waals surface area contributed by atoms with E-state index in [4.69, 9.17) is 4.99 Å². The van der Waals surface area contributed by atoms with Crippen LogP contribution < -0.4 is 10.6 Å². The van der Waals surface area contributed by atoms with Crippen molar-refractivity contribution in [3.8, 4) is 0 Å². The molecule has 1 saturated heterocycles. The van der Waals surface area contributed by atoms with Gasteiger partial charge < -0.3 is 20.1 Å². The van der Waals surface area contributed by atoms with Crippen molar-refractivity contribution < 1.29 is 0 Å². The number of aromatic nitrogens is 3. The zero-order valence-electron chi connectivity index (χ0n) is 17.6. The first-order valence-electron chi connectivity index (χ1n) is 10.9. The van der Waals surface area contributed by atoms with Crippen molar-refractivity contribution in [2.45, 2.75) is 83.8 Å². The van der Waals surface area contributed by atoms with E-state index >= 15 is 0 Å². The SMILES string of the molecule is CCCN1CCC(NC(=NCCn2cnnc2CC)NC2CCCC2)CC1.I. The van der Waals surface area contributed by atoms with E-state index < -0.39 is 0 Å². The molecule has 0 atom stereocenters. The zero-order valence-corrected chi connectivity index (χ0v) is 19.9. The topological polar surface area (TPSA) is 70.4 Å². The molecule has 2 fully saturated rings. The van der Waals surface area contributed by atoms with Crippen molar-refractivity contribution in [2.24, 2.45) is 4.99 Å². The summed E-state index contributed by atoms with van der Waals surface area (Å²) in [5.41, 5.74) is 0. The third kappa shape index (κ3) is 7.17. The molecule has 1 aliphatic carbocycles. The van der Waals surface area contributed by atoms with Crippen LogP contribution in [0.15, 0.2) is 11.3 Å². The molecule has 3 rings (SSSR count). The number of likely N-dealkylation sites (tertiary alicyclic amines) is 1. The molecule has 8 heteroatoms. The largest absolute Gasteiger partial charge is 0.354 e. The molecule has 28 heavy (non-hydrogen) atoms. The maximum Gasteiger partial charge on any atom is 0.191 e. The highest BCUT2D eigenvalue weighted by Crippen LogP contribution is 2.18. The molecular weight excluding hydrogens is 465 g/mol. The average molecular weight is 503 g/mol. The third-order valence-electron chi connectivity index (χ3n) is 5.79. The fraction of sp³-hybridized carbons (Fsp3) is 0.850. The summed E-state index contributed by atoms with van der Waals surface area (Å²) in [5.74, 6) is 2.04. The van der Waals surface area contributed by atoms with Gasteiger partial charge in [-0.3, -0.25) is 4.99 Å². The van der Waals surface area contributed by atoms with E-state index in [9.17, 15) is 0 Å². The Balaban J connectivity index is 0.00000280. The van der Waals surface area contributed by atoms with E-state index in [0.717, 1.165) is 31.3 Å². The highest BCUT2D eigenvalue weighted by Gasteiger charge is 2.21. The summed E-state index contributed by atoms with van der Waals surface area (Å²) < 4.78 is 2.11. The molecule has 0 amide bonds. The molecule has 160 valence electrons. The summed E-state index contributed by atoms with van der Waals surface area (Å²) >= 11 is 0. The van der Waals surface area contributed by atoms with Crippen LogP contribution in [-0.4, -0.2) is 63.9 Å². The number of hydrogen-bond acceptors (Lipinski definition) is 4. The predicted molar refractivity (Wildman–Crippen MR) is 125 cm³/mol. The van der Waals surface area contributed by atoms with Crippen molar-refractivity contribution in [2.75, 3.05) is 26.2 Å². The molecule has 2 aliphatic rings. The Morgan fingerprint density at radius 3 is 2.39 bits per heavy atom. The van der Waals surface area contributed by atoms with Crippen molar-refractivity contribution in [3.63, 3.8) is 0 Å². The van der Waals surface area contributed by atoms with Crippen LogP contribution in [0.5, 0.6) is 0 Å². The maximum absolute atomic E-state index is 4.89. The van der Waals surface area contributed by atoms with Crippen LogP contribution in [0.25, 0.3) is 0 Å². The predicted octanol–water partition coefficient (Wildman–Crippen LogP) is 2.81. The second-order valence-corrected chi connectivity index (χ2v) is 7.91. The second-order valence-electron chi connectivity index (χ2n) is 7.91. The van der Waals surface area contributed by atoms with Gasteiger partial charge in [-0.25, -0.2) is 0 Å². The van der Waals surface area contributed by atoms with E-state index in [1.54, 1.807) is 0 Å². The number of guanidine groups is 1. The Labute approximate surface area is 187 Å². The van der Waals surface area contributed by atoms with Gasteiger partial charge in [-0.2, -0.15) is 0 Å². The van der Waals surface area contributed by atoms with Gasteiger partial charge in [-0.1, -0.05) is 26.7 Å². The lowest BCUT2D eigenvalue weighted by atomic mass is 10.1. The zero-order chi connectivity index (χ0) is 18.9. The van der Waals surface area contributed by atoms with E-state index in [2.05, 4.69) is 44.1 Å². The standard InChI is InChI=1S/C20H37N7.HI/c1-3-12-26-13-9-18(10-14-26)24-20(23-17-7-5-6-8-17)21-11-15-27-16-22-25-19(27)4-2;/h16-18H,3-15H2,1-2H3,(H2,21,23,24);1H. The smallest absolute Gasteiger partial charge is 0.191 e. The van der Waals surface area contributed by atoms with Gasteiger partial charge in [0.15, 0.2) is 5.96 Å². The number of piperidine rings is 1. The lowest BCUT2D eigenvalue weighted by molar-refractivity contribution is 0.206. The minimum atomic E-state index is 0. The summed E-state index contributed by atoms with van der Waals surface area (Å²) in [4.78, 5) is 7.47. The minimum absolute atomic E-state index is 0. The van der Waals surface area contributed by atoms with Crippen molar-refractivity contribution >= 4 is 29.9 Å². The van der Waals surface area contributed by atoms with Crippen molar-refractivity contribution in [1.82, 2.24) is 30.3 Å². The molecule has 0 radical (unpaired) electrons. The molecule has 1 aromatic heterocycles. The molecule has 0 bridgehead atoms. The van der Waals surface area contributed by atoms with Gasteiger partial charge in [0.05, 0.1) is 6.54 Å². The van der Waals surface area contributed by atoms with Gasteiger partial charge in [-0.05, 0) is 38.6 Å². The van der Waals surface area contributed by atoms with Crippen LogP contribution in [0, 0.1) is 0 Å². The highest BCUT2D eigenvalue weighted by molar-refractivity contribution is 14.0. The molecule has 2 heterocycles. The summed E-state index contributed by atoms with van der Waals surface area (Å²) in [6.45, 7) is 9.59. The molecular formula is C20H38IN7.